The van der Waals surface area contributed by atoms with Crippen LogP contribution in [-0.4, -0.2) is 58.3 Å². The van der Waals surface area contributed by atoms with Gasteiger partial charge in [-0.15, -0.1) is 0 Å². The fourth-order valence-corrected chi connectivity index (χ4v) is 3.12. The molecule has 2 rings (SSSR count). The van der Waals surface area contributed by atoms with Crippen molar-refractivity contribution in [3.63, 3.8) is 0 Å². The highest BCUT2D eigenvalue weighted by atomic mass is 16.6. The number of hydrogen-bond acceptors (Lipinski definition) is 6. The SMILES string of the molecule is CCCc1nc(CN2CCC[C@H](CN(C)C(=O)OC(C)(C)C)C2)no1. The fourth-order valence-electron chi connectivity index (χ4n) is 3.12. The average molecular weight is 352 g/mol. The van der Waals surface area contributed by atoms with E-state index in [-0.39, 0.29) is 6.09 Å². The summed E-state index contributed by atoms with van der Waals surface area (Å²) in [4.78, 5) is 20.6. The zero-order valence-corrected chi connectivity index (χ0v) is 16.2. The van der Waals surface area contributed by atoms with Crippen LogP contribution in [0, 0.1) is 5.92 Å². The second-order valence-electron chi connectivity index (χ2n) is 7.96. The first-order chi connectivity index (χ1) is 11.8. The molecule has 0 bridgehead atoms. The van der Waals surface area contributed by atoms with E-state index in [1.54, 1.807) is 4.90 Å². The Hall–Kier alpha value is -1.63. The molecule has 1 fully saturated rings. The number of piperidine rings is 1. The van der Waals surface area contributed by atoms with Gasteiger partial charge in [-0.05, 0) is 52.5 Å². The van der Waals surface area contributed by atoms with Gasteiger partial charge in [-0.3, -0.25) is 4.90 Å². The lowest BCUT2D eigenvalue weighted by atomic mass is 9.97. The van der Waals surface area contributed by atoms with Crippen molar-refractivity contribution in [2.24, 2.45) is 5.92 Å². The fraction of sp³-hybridized carbons (Fsp3) is 0.833. The van der Waals surface area contributed by atoms with Gasteiger partial charge in [0.2, 0.25) is 5.89 Å². The monoisotopic (exact) mass is 352 g/mol. The molecule has 0 spiro atoms. The molecule has 1 aliphatic rings. The summed E-state index contributed by atoms with van der Waals surface area (Å²) in [5, 5.41) is 4.07. The molecular weight excluding hydrogens is 320 g/mol. The molecule has 1 saturated heterocycles. The van der Waals surface area contributed by atoms with Gasteiger partial charge in [-0.1, -0.05) is 12.1 Å². The summed E-state index contributed by atoms with van der Waals surface area (Å²) in [5.74, 6) is 1.91. The van der Waals surface area contributed by atoms with Gasteiger partial charge in [0.25, 0.3) is 0 Å². The van der Waals surface area contributed by atoms with Gasteiger partial charge in [0.05, 0.1) is 6.54 Å². The molecular formula is C18H32N4O3. The average Bonchev–Trinajstić information content (AvgIpc) is 2.93. The number of carbonyl (C=O) groups is 1. The maximum absolute atomic E-state index is 12.1. The van der Waals surface area contributed by atoms with Crippen molar-refractivity contribution in [3.05, 3.63) is 11.7 Å². The highest BCUT2D eigenvalue weighted by molar-refractivity contribution is 5.67. The number of nitrogens with zero attached hydrogens (tertiary/aromatic N) is 4. The Morgan fingerprint density at radius 2 is 2.20 bits per heavy atom. The number of aryl methyl sites for hydroxylation is 1. The molecule has 1 aromatic rings. The van der Waals surface area contributed by atoms with Gasteiger partial charge in [0.15, 0.2) is 5.82 Å². The molecule has 1 atom stereocenters. The van der Waals surface area contributed by atoms with Gasteiger partial charge in [-0.25, -0.2) is 4.79 Å². The van der Waals surface area contributed by atoms with Crippen LogP contribution in [0.2, 0.25) is 0 Å². The second kappa shape index (κ2) is 8.65. The summed E-state index contributed by atoms with van der Waals surface area (Å²) in [6.45, 7) is 11.1. The first-order valence-electron chi connectivity index (χ1n) is 9.24. The van der Waals surface area contributed by atoms with E-state index in [0.29, 0.717) is 19.0 Å². The predicted octanol–water partition coefficient (Wildman–Crippen LogP) is 3.10. The molecule has 1 aliphatic heterocycles. The van der Waals surface area contributed by atoms with E-state index >= 15 is 0 Å². The Bertz CT molecular complexity index is 553. The van der Waals surface area contributed by atoms with Crippen LogP contribution in [-0.2, 0) is 17.7 Å². The minimum atomic E-state index is -0.460. The van der Waals surface area contributed by atoms with E-state index in [4.69, 9.17) is 9.26 Å². The summed E-state index contributed by atoms with van der Waals surface area (Å²) in [7, 11) is 1.81. The summed E-state index contributed by atoms with van der Waals surface area (Å²) in [6, 6.07) is 0. The van der Waals surface area contributed by atoms with E-state index in [9.17, 15) is 4.79 Å². The Balaban J connectivity index is 1.82. The molecule has 142 valence electrons. The second-order valence-corrected chi connectivity index (χ2v) is 7.96. The maximum atomic E-state index is 12.1. The minimum Gasteiger partial charge on any atom is -0.444 e. The van der Waals surface area contributed by atoms with E-state index in [1.807, 2.05) is 27.8 Å². The molecule has 25 heavy (non-hydrogen) atoms. The third-order valence-corrected chi connectivity index (χ3v) is 4.18. The molecule has 0 radical (unpaired) electrons. The number of carbonyl (C=O) groups excluding carboxylic acids is 1. The number of amides is 1. The normalized spacial score (nSPS) is 19.0. The lowest BCUT2D eigenvalue weighted by Crippen LogP contribution is -2.42. The summed E-state index contributed by atoms with van der Waals surface area (Å²) < 4.78 is 10.7. The number of hydrogen-bond donors (Lipinski definition) is 0. The number of rotatable bonds is 6. The van der Waals surface area contributed by atoms with Crippen molar-refractivity contribution in [3.8, 4) is 0 Å². The van der Waals surface area contributed by atoms with Crippen LogP contribution in [0.3, 0.4) is 0 Å². The molecule has 0 N–H and O–H groups in total. The number of likely N-dealkylation sites (tertiary alicyclic amines) is 1. The van der Waals surface area contributed by atoms with E-state index in [1.165, 1.54) is 0 Å². The van der Waals surface area contributed by atoms with E-state index in [0.717, 1.165) is 50.5 Å². The number of ether oxygens (including phenoxy) is 1. The molecule has 0 aromatic carbocycles. The molecule has 1 aromatic heterocycles. The van der Waals surface area contributed by atoms with Gasteiger partial charge >= 0.3 is 6.09 Å². The Morgan fingerprint density at radius 3 is 2.88 bits per heavy atom. The van der Waals surface area contributed by atoms with Crippen molar-refractivity contribution in [2.75, 3.05) is 26.7 Å². The first kappa shape index (κ1) is 19.7. The van der Waals surface area contributed by atoms with Crippen LogP contribution in [0.1, 0.15) is 58.7 Å². The summed E-state index contributed by atoms with van der Waals surface area (Å²) in [6.07, 6.45) is 3.82. The third kappa shape index (κ3) is 6.65. The predicted molar refractivity (Wildman–Crippen MR) is 95.2 cm³/mol. The lowest BCUT2D eigenvalue weighted by Gasteiger charge is -2.34. The highest BCUT2D eigenvalue weighted by Gasteiger charge is 2.26. The Kier molecular flexibility index (Phi) is 6.81. The molecule has 2 heterocycles. The zero-order valence-electron chi connectivity index (χ0n) is 16.2. The highest BCUT2D eigenvalue weighted by Crippen LogP contribution is 2.20. The van der Waals surface area contributed by atoms with Crippen LogP contribution in [0.4, 0.5) is 4.79 Å². The zero-order chi connectivity index (χ0) is 18.4. The standard InChI is InChI=1S/C18H32N4O3/c1-6-8-16-19-15(20-25-16)13-22-10-7-9-14(12-22)11-21(5)17(23)24-18(2,3)4/h14H,6-13H2,1-5H3/t14-/m1/s1. The van der Waals surface area contributed by atoms with Crippen molar-refractivity contribution in [1.29, 1.82) is 0 Å². The Morgan fingerprint density at radius 1 is 1.44 bits per heavy atom. The van der Waals surface area contributed by atoms with Crippen LogP contribution >= 0.6 is 0 Å². The quantitative estimate of drug-likeness (QED) is 0.783. The summed E-state index contributed by atoms with van der Waals surface area (Å²) in [5.41, 5.74) is -0.460. The smallest absolute Gasteiger partial charge is 0.410 e. The van der Waals surface area contributed by atoms with Gasteiger partial charge in [-0.2, -0.15) is 4.98 Å². The largest absolute Gasteiger partial charge is 0.444 e. The van der Waals surface area contributed by atoms with Gasteiger partial charge in [0, 0.05) is 26.6 Å². The summed E-state index contributed by atoms with van der Waals surface area (Å²) >= 11 is 0. The molecule has 1 amide bonds. The molecule has 7 heteroatoms. The van der Waals surface area contributed by atoms with Crippen LogP contribution in [0.25, 0.3) is 0 Å². The lowest BCUT2D eigenvalue weighted by molar-refractivity contribution is 0.0240. The van der Waals surface area contributed by atoms with Crippen molar-refractivity contribution in [2.45, 2.75) is 65.5 Å². The third-order valence-electron chi connectivity index (χ3n) is 4.18. The van der Waals surface area contributed by atoms with Crippen molar-refractivity contribution >= 4 is 6.09 Å². The Labute approximate surface area is 150 Å². The van der Waals surface area contributed by atoms with Crippen LogP contribution in [0.5, 0.6) is 0 Å². The molecule has 7 nitrogen and oxygen atoms in total. The van der Waals surface area contributed by atoms with Gasteiger partial charge in [0.1, 0.15) is 5.60 Å². The van der Waals surface area contributed by atoms with Crippen LogP contribution < -0.4 is 0 Å². The topological polar surface area (TPSA) is 71.7 Å². The molecule has 0 aliphatic carbocycles. The van der Waals surface area contributed by atoms with E-state index in [2.05, 4.69) is 22.0 Å². The molecule has 0 unspecified atom stereocenters. The van der Waals surface area contributed by atoms with Crippen molar-refractivity contribution < 1.29 is 14.1 Å². The molecule has 0 saturated carbocycles. The minimum absolute atomic E-state index is 0.257. The van der Waals surface area contributed by atoms with Crippen LogP contribution in [0.15, 0.2) is 4.52 Å². The van der Waals surface area contributed by atoms with Gasteiger partial charge < -0.3 is 14.2 Å². The van der Waals surface area contributed by atoms with Crippen molar-refractivity contribution in [1.82, 2.24) is 19.9 Å². The maximum Gasteiger partial charge on any atom is 0.410 e. The van der Waals surface area contributed by atoms with E-state index < -0.39 is 5.60 Å². The first-order valence-corrected chi connectivity index (χ1v) is 9.24. The number of aromatic nitrogens is 2.